The van der Waals surface area contributed by atoms with Crippen molar-refractivity contribution in [1.29, 1.82) is 0 Å². The molecule has 0 saturated carbocycles. The maximum absolute atomic E-state index is 5.86. The Morgan fingerprint density at radius 3 is 1.08 bits per heavy atom. The summed E-state index contributed by atoms with van der Waals surface area (Å²) in [5.74, 6) is 0.823. The second-order valence-corrected chi connectivity index (χ2v) is 8.57. The standard InChI is InChI=1S/C24H50ClN/c1-3-5-7-9-11-13-15-18-22-26(24-20-17-21-25)23-19-16-14-12-10-8-6-4-2/h3-24H2,1-2H3. The van der Waals surface area contributed by atoms with Gasteiger partial charge >= 0.3 is 0 Å². The predicted octanol–water partition coefficient (Wildman–Crippen LogP) is 8.59. The third-order valence-corrected chi connectivity index (χ3v) is 5.78. The molecule has 0 atom stereocenters. The molecule has 0 N–H and O–H groups in total. The average molecular weight is 388 g/mol. The summed E-state index contributed by atoms with van der Waals surface area (Å²) in [4.78, 5) is 2.72. The molecule has 158 valence electrons. The van der Waals surface area contributed by atoms with Crippen LogP contribution in [0.15, 0.2) is 0 Å². The van der Waals surface area contributed by atoms with Crippen molar-refractivity contribution in [3.63, 3.8) is 0 Å². The summed E-state index contributed by atoms with van der Waals surface area (Å²) in [6.45, 7) is 8.48. The van der Waals surface area contributed by atoms with E-state index in [1.807, 2.05) is 0 Å². The maximum Gasteiger partial charge on any atom is 0.0223 e. The lowest BCUT2D eigenvalue weighted by molar-refractivity contribution is 0.256. The first-order valence-corrected chi connectivity index (χ1v) is 12.7. The molecular formula is C24H50ClN. The molecule has 0 saturated heterocycles. The molecular weight excluding hydrogens is 338 g/mol. The summed E-state index contributed by atoms with van der Waals surface area (Å²) >= 11 is 5.86. The van der Waals surface area contributed by atoms with Gasteiger partial charge in [0.05, 0.1) is 0 Å². The molecule has 2 heteroatoms. The number of nitrogens with zero attached hydrogens (tertiary/aromatic N) is 1. The zero-order valence-corrected chi connectivity index (χ0v) is 19.1. The Kier molecular flexibility index (Phi) is 23.5. The van der Waals surface area contributed by atoms with Gasteiger partial charge in [0.15, 0.2) is 0 Å². The van der Waals surface area contributed by atoms with Gasteiger partial charge in [-0.3, -0.25) is 0 Å². The summed E-state index contributed by atoms with van der Waals surface area (Å²) < 4.78 is 0. The van der Waals surface area contributed by atoms with E-state index < -0.39 is 0 Å². The molecule has 0 unspecified atom stereocenters. The third kappa shape index (κ3) is 20.6. The number of hydrogen-bond donors (Lipinski definition) is 0. The fraction of sp³-hybridized carbons (Fsp3) is 1.00. The van der Waals surface area contributed by atoms with Crippen LogP contribution in [0.5, 0.6) is 0 Å². The van der Waals surface area contributed by atoms with E-state index in [1.54, 1.807) is 0 Å². The lowest BCUT2D eigenvalue weighted by Gasteiger charge is -2.22. The van der Waals surface area contributed by atoms with Gasteiger partial charge in [0.2, 0.25) is 0 Å². The average Bonchev–Trinajstić information content (AvgIpc) is 2.65. The van der Waals surface area contributed by atoms with E-state index in [2.05, 4.69) is 18.7 Å². The van der Waals surface area contributed by atoms with Gasteiger partial charge in [0.1, 0.15) is 0 Å². The van der Waals surface area contributed by atoms with Crippen LogP contribution in [-0.2, 0) is 0 Å². The van der Waals surface area contributed by atoms with E-state index in [-0.39, 0.29) is 0 Å². The van der Waals surface area contributed by atoms with Gasteiger partial charge in [-0.1, -0.05) is 104 Å². The first kappa shape index (κ1) is 26.2. The van der Waals surface area contributed by atoms with Gasteiger partial charge in [0, 0.05) is 5.88 Å². The van der Waals surface area contributed by atoms with Crippen molar-refractivity contribution in [1.82, 2.24) is 4.90 Å². The van der Waals surface area contributed by atoms with Crippen LogP contribution in [0.2, 0.25) is 0 Å². The Balaban J connectivity index is 3.63. The Morgan fingerprint density at radius 2 is 0.731 bits per heavy atom. The van der Waals surface area contributed by atoms with E-state index in [1.165, 1.54) is 135 Å². The molecule has 1 nitrogen and oxygen atoms in total. The summed E-state index contributed by atoms with van der Waals surface area (Å²) in [6, 6.07) is 0. The first-order valence-electron chi connectivity index (χ1n) is 12.1. The highest BCUT2D eigenvalue weighted by molar-refractivity contribution is 6.17. The van der Waals surface area contributed by atoms with E-state index >= 15 is 0 Å². The maximum atomic E-state index is 5.86. The van der Waals surface area contributed by atoms with Gasteiger partial charge in [-0.2, -0.15) is 0 Å². The Bertz CT molecular complexity index is 224. The lowest BCUT2D eigenvalue weighted by Crippen LogP contribution is -2.27. The highest BCUT2D eigenvalue weighted by Crippen LogP contribution is 2.11. The van der Waals surface area contributed by atoms with Gasteiger partial charge in [0.25, 0.3) is 0 Å². The minimum absolute atomic E-state index is 0.823. The van der Waals surface area contributed by atoms with Crippen LogP contribution in [0.25, 0.3) is 0 Å². The fourth-order valence-corrected chi connectivity index (χ4v) is 3.89. The summed E-state index contributed by atoms with van der Waals surface area (Å²) in [7, 11) is 0. The van der Waals surface area contributed by atoms with Crippen molar-refractivity contribution in [2.24, 2.45) is 0 Å². The normalized spacial score (nSPS) is 11.5. The van der Waals surface area contributed by atoms with Crippen molar-refractivity contribution < 1.29 is 0 Å². The van der Waals surface area contributed by atoms with Gasteiger partial charge in [-0.05, 0) is 45.3 Å². The van der Waals surface area contributed by atoms with Crippen LogP contribution in [0, 0.1) is 0 Å². The molecule has 0 rings (SSSR count). The van der Waals surface area contributed by atoms with Crippen LogP contribution in [0.4, 0.5) is 0 Å². The molecule has 0 aromatic heterocycles. The zero-order valence-electron chi connectivity index (χ0n) is 18.4. The largest absolute Gasteiger partial charge is 0.303 e. The topological polar surface area (TPSA) is 3.24 Å². The van der Waals surface area contributed by atoms with Crippen molar-refractivity contribution in [3.8, 4) is 0 Å². The predicted molar refractivity (Wildman–Crippen MR) is 122 cm³/mol. The fourth-order valence-electron chi connectivity index (χ4n) is 3.70. The molecule has 26 heavy (non-hydrogen) atoms. The Labute approximate surface area is 171 Å². The SMILES string of the molecule is CCCCCCCCCCN(CCCCCl)CCCCCCCCCC. The number of unbranched alkanes of at least 4 members (excludes halogenated alkanes) is 15. The van der Waals surface area contributed by atoms with Crippen molar-refractivity contribution >= 4 is 11.6 Å². The van der Waals surface area contributed by atoms with Gasteiger partial charge in [-0.15, -0.1) is 11.6 Å². The van der Waals surface area contributed by atoms with Crippen molar-refractivity contribution in [2.45, 2.75) is 129 Å². The Morgan fingerprint density at radius 1 is 0.423 bits per heavy atom. The quantitative estimate of drug-likeness (QED) is 0.133. The van der Waals surface area contributed by atoms with E-state index in [0.717, 1.165) is 5.88 Å². The molecule has 0 aromatic carbocycles. The molecule has 0 aliphatic heterocycles. The molecule has 0 heterocycles. The highest BCUT2D eigenvalue weighted by atomic mass is 35.5. The lowest BCUT2D eigenvalue weighted by atomic mass is 10.1. The number of hydrogen-bond acceptors (Lipinski definition) is 1. The molecule has 0 spiro atoms. The minimum atomic E-state index is 0.823. The number of alkyl halides is 1. The second kappa shape index (κ2) is 23.3. The van der Waals surface area contributed by atoms with Crippen LogP contribution >= 0.6 is 11.6 Å². The zero-order chi connectivity index (χ0) is 19.1. The van der Waals surface area contributed by atoms with Gasteiger partial charge < -0.3 is 4.90 Å². The van der Waals surface area contributed by atoms with Crippen molar-refractivity contribution in [3.05, 3.63) is 0 Å². The monoisotopic (exact) mass is 387 g/mol. The third-order valence-electron chi connectivity index (χ3n) is 5.51. The molecule has 0 amide bonds. The Hall–Kier alpha value is 0.250. The number of rotatable bonds is 22. The van der Waals surface area contributed by atoms with E-state index in [4.69, 9.17) is 11.6 Å². The van der Waals surface area contributed by atoms with Crippen LogP contribution in [-0.4, -0.2) is 30.4 Å². The van der Waals surface area contributed by atoms with Crippen LogP contribution in [0.3, 0.4) is 0 Å². The van der Waals surface area contributed by atoms with E-state index in [0.29, 0.717) is 0 Å². The molecule has 0 aliphatic carbocycles. The minimum Gasteiger partial charge on any atom is -0.303 e. The molecule has 0 radical (unpaired) electrons. The number of halogens is 1. The van der Waals surface area contributed by atoms with Crippen molar-refractivity contribution in [2.75, 3.05) is 25.5 Å². The molecule has 0 aromatic rings. The highest BCUT2D eigenvalue weighted by Gasteiger charge is 2.04. The summed E-state index contributed by atoms with van der Waals surface area (Å²) in [5.41, 5.74) is 0. The van der Waals surface area contributed by atoms with Gasteiger partial charge in [-0.25, -0.2) is 0 Å². The summed E-state index contributed by atoms with van der Waals surface area (Å²) in [5, 5.41) is 0. The summed E-state index contributed by atoms with van der Waals surface area (Å²) in [6.07, 6.45) is 25.2. The smallest absolute Gasteiger partial charge is 0.0223 e. The van der Waals surface area contributed by atoms with E-state index in [9.17, 15) is 0 Å². The van der Waals surface area contributed by atoms with Crippen LogP contribution in [0.1, 0.15) is 129 Å². The molecule has 0 fully saturated rings. The van der Waals surface area contributed by atoms with Crippen LogP contribution < -0.4 is 0 Å². The molecule has 0 bridgehead atoms. The molecule has 0 aliphatic rings. The first-order chi connectivity index (χ1) is 12.8. The second-order valence-electron chi connectivity index (χ2n) is 8.19.